The average molecular weight is 469 g/mol. The Morgan fingerprint density at radius 2 is 1.94 bits per heavy atom. The maximum absolute atomic E-state index is 13.1. The molecule has 0 aliphatic heterocycles. The summed E-state index contributed by atoms with van der Waals surface area (Å²) in [5.41, 5.74) is 2.33. The highest BCUT2D eigenvalue weighted by molar-refractivity contribution is 6.31. The number of amides is 1. The van der Waals surface area contributed by atoms with Crippen LogP contribution in [0.3, 0.4) is 0 Å². The number of aromatic nitrogens is 3. The van der Waals surface area contributed by atoms with E-state index in [1.54, 1.807) is 18.5 Å². The van der Waals surface area contributed by atoms with Gasteiger partial charge in [-0.15, -0.1) is 0 Å². The van der Waals surface area contributed by atoms with E-state index >= 15 is 0 Å². The summed E-state index contributed by atoms with van der Waals surface area (Å²) >= 11 is 5.98. The minimum absolute atomic E-state index is 0.106. The lowest BCUT2D eigenvalue weighted by Crippen LogP contribution is -2.27. The molecule has 2 aromatic carbocycles. The van der Waals surface area contributed by atoms with E-state index < -0.39 is 5.82 Å². The lowest BCUT2D eigenvalue weighted by atomic mass is 10.1. The first kappa shape index (κ1) is 22.5. The maximum atomic E-state index is 13.1. The Bertz CT molecular complexity index is 1350. The van der Waals surface area contributed by atoms with Crippen molar-refractivity contribution in [2.45, 2.75) is 26.4 Å². The first-order valence-corrected chi connectivity index (χ1v) is 10.8. The number of hydrogen-bond acceptors (Lipinski definition) is 4. The Kier molecular flexibility index (Phi) is 6.74. The number of carbonyl (C=O) groups is 1. The van der Waals surface area contributed by atoms with Gasteiger partial charge in [0.15, 0.2) is 0 Å². The molecule has 0 bridgehead atoms. The molecule has 0 atom stereocenters. The van der Waals surface area contributed by atoms with Crippen LogP contribution in [0.1, 0.15) is 18.9 Å². The van der Waals surface area contributed by atoms with Crippen LogP contribution in [0.25, 0.3) is 16.8 Å². The van der Waals surface area contributed by atoms with Crippen molar-refractivity contribution >= 4 is 23.0 Å². The van der Waals surface area contributed by atoms with Gasteiger partial charge in [-0.3, -0.25) is 9.59 Å². The van der Waals surface area contributed by atoms with Crippen LogP contribution in [0.2, 0.25) is 5.02 Å². The maximum Gasteiger partial charge on any atom is 0.276 e. The van der Waals surface area contributed by atoms with Crippen LogP contribution in [0.4, 0.5) is 4.39 Å². The number of aryl methyl sites for hydroxylation is 1. The molecule has 1 amide bonds. The molecule has 0 radical (unpaired) electrons. The van der Waals surface area contributed by atoms with E-state index in [0.717, 1.165) is 11.3 Å². The Morgan fingerprint density at radius 3 is 2.67 bits per heavy atom. The summed E-state index contributed by atoms with van der Waals surface area (Å²) < 4.78 is 21.6. The number of ether oxygens (including phenoxy) is 1. The van der Waals surface area contributed by atoms with Gasteiger partial charge in [0, 0.05) is 42.5 Å². The summed E-state index contributed by atoms with van der Waals surface area (Å²) in [7, 11) is 0. The van der Waals surface area contributed by atoms with Crippen molar-refractivity contribution in [2.24, 2.45) is 0 Å². The zero-order valence-electron chi connectivity index (χ0n) is 17.9. The minimum Gasteiger partial charge on any atom is -0.494 e. The van der Waals surface area contributed by atoms with Crippen LogP contribution >= 0.6 is 11.6 Å². The summed E-state index contributed by atoms with van der Waals surface area (Å²) in [4.78, 5) is 25.1. The van der Waals surface area contributed by atoms with Gasteiger partial charge in [-0.2, -0.15) is 5.10 Å². The Hall–Kier alpha value is -3.65. The van der Waals surface area contributed by atoms with Gasteiger partial charge >= 0.3 is 0 Å². The normalized spacial score (nSPS) is 11.0. The molecule has 0 saturated heterocycles. The summed E-state index contributed by atoms with van der Waals surface area (Å²) in [6.45, 7) is 2.90. The Morgan fingerprint density at radius 1 is 1.15 bits per heavy atom. The Labute approximate surface area is 194 Å². The highest BCUT2D eigenvalue weighted by Gasteiger charge is 2.11. The zero-order valence-corrected chi connectivity index (χ0v) is 18.7. The predicted molar refractivity (Wildman–Crippen MR) is 124 cm³/mol. The third-order valence-corrected chi connectivity index (χ3v) is 5.49. The van der Waals surface area contributed by atoms with Crippen molar-refractivity contribution in [3.8, 4) is 17.0 Å². The smallest absolute Gasteiger partial charge is 0.276 e. The fraction of sp³-hybridized carbons (Fsp3) is 0.208. The van der Waals surface area contributed by atoms with Gasteiger partial charge in [-0.25, -0.2) is 8.91 Å². The molecule has 0 fully saturated rings. The molecule has 0 aliphatic carbocycles. The molecular formula is C24H22ClFN4O3. The van der Waals surface area contributed by atoms with Crippen LogP contribution in [-0.2, 0) is 17.9 Å². The van der Waals surface area contributed by atoms with Crippen molar-refractivity contribution in [2.75, 3.05) is 6.61 Å². The number of nitrogens with one attached hydrogen (secondary N) is 1. The zero-order chi connectivity index (χ0) is 23.4. The SMILES string of the molecule is CCOc1ccc(-c2cc3c(=O)n(CCC(=O)NCc4ccc(F)cc4Cl)ccn3n2)cc1. The van der Waals surface area contributed by atoms with Crippen molar-refractivity contribution in [1.82, 2.24) is 19.5 Å². The fourth-order valence-electron chi connectivity index (χ4n) is 3.40. The molecule has 2 aromatic heterocycles. The van der Waals surface area contributed by atoms with E-state index in [0.29, 0.717) is 23.4 Å². The molecule has 1 N–H and O–H groups in total. The number of hydrogen-bond donors (Lipinski definition) is 1. The first-order valence-electron chi connectivity index (χ1n) is 10.5. The monoisotopic (exact) mass is 468 g/mol. The van der Waals surface area contributed by atoms with Crippen LogP contribution in [-0.4, -0.2) is 26.7 Å². The Balaban J connectivity index is 1.42. The molecule has 4 aromatic rings. The third-order valence-electron chi connectivity index (χ3n) is 5.14. The van der Waals surface area contributed by atoms with Crippen molar-refractivity contribution in [1.29, 1.82) is 0 Å². The highest BCUT2D eigenvalue weighted by atomic mass is 35.5. The largest absolute Gasteiger partial charge is 0.494 e. The number of rotatable bonds is 8. The van der Waals surface area contributed by atoms with Crippen LogP contribution < -0.4 is 15.6 Å². The number of benzene rings is 2. The first-order chi connectivity index (χ1) is 15.9. The topological polar surface area (TPSA) is 77.6 Å². The van der Waals surface area contributed by atoms with E-state index in [-0.39, 0.29) is 36.0 Å². The van der Waals surface area contributed by atoms with Gasteiger partial charge in [-0.1, -0.05) is 17.7 Å². The lowest BCUT2D eigenvalue weighted by molar-refractivity contribution is -0.121. The fourth-order valence-corrected chi connectivity index (χ4v) is 3.64. The molecule has 0 spiro atoms. The molecule has 0 aliphatic rings. The molecule has 7 nitrogen and oxygen atoms in total. The highest BCUT2D eigenvalue weighted by Crippen LogP contribution is 2.22. The lowest BCUT2D eigenvalue weighted by Gasteiger charge is -2.08. The van der Waals surface area contributed by atoms with Crippen LogP contribution in [0, 0.1) is 5.82 Å². The molecule has 0 unspecified atom stereocenters. The van der Waals surface area contributed by atoms with E-state index in [1.807, 2.05) is 31.2 Å². The molecule has 9 heteroatoms. The molecule has 170 valence electrons. The second kappa shape index (κ2) is 9.87. The number of fused-ring (bicyclic) bond motifs is 1. The van der Waals surface area contributed by atoms with Gasteiger partial charge in [0.1, 0.15) is 17.1 Å². The summed E-state index contributed by atoms with van der Waals surface area (Å²) in [5, 5.41) is 7.46. The van der Waals surface area contributed by atoms with E-state index in [1.165, 1.54) is 27.3 Å². The number of nitrogens with zero attached hydrogens (tertiary/aromatic N) is 3. The van der Waals surface area contributed by atoms with Crippen molar-refractivity contribution < 1.29 is 13.9 Å². The summed E-state index contributed by atoms with van der Waals surface area (Å²) in [5.74, 6) is 0.0912. The standard InChI is InChI=1S/C24H22ClFN4O3/c1-2-33-19-7-4-16(5-8-19)21-14-22-24(32)29(11-12-30(22)28-21)10-9-23(31)27-15-17-3-6-18(26)13-20(17)25/h3-8,11-14H,2,9-10,15H2,1H3,(H,27,31). The van der Waals surface area contributed by atoms with Gasteiger partial charge in [-0.05, 0) is 55.0 Å². The van der Waals surface area contributed by atoms with Crippen LogP contribution in [0.15, 0.2) is 65.7 Å². The quantitative estimate of drug-likeness (QED) is 0.423. The van der Waals surface area contributed by atoms with Gasteiger partial charge in [0.25, 0.3) is 5.56 Å². The third kappa shape index (κ3) is 5.23. The second-order valence-electron chi connectivity index (χ2n) is 7.38. The second-order valence-corrected chi connectivity index (χ2v) is 7.78. The average Bonchev–Trinajstić information content (AvgIpc) is 3.24. The summed E-state index contributed by atoms with van der Waals surface area (Å²) in [6, 6.07) is 13.2. The van der Waals surface area contributed by atoms with Gasteiger partial charge in [0.2, 0.25) is 5.91 Å². The number of halogens is 2. The van der Waals surface area contributed by atoms with Crippen molar-refractivity contribution in [3.63, 3.8) is 0 Å². The molecular weight excluding hydrogens is 447 g/mol. The molecule has 33 heavy (non-hydrogen) atoms. The predicted octanol–water partition coefficient (Wildman–Crippen LogP) is 4.06. The van der Waals surface area contributed by atoms with Crippen LogP contribution in [0.5, 0.6) is 5.75 Å². The van der Waals surface area contributed by atoms with E-state index in [9.17, 15) is 14.0 Å². The number of carbonyl (C=O) groups excluding carboxylic acids is 1. The molecule has 4 rings (SSSR count). The molecule has 2 heterocycles. The van der Waals surface area contributed by atoms with Crippen molar-refractivity contribution in [3.05, 3.63) is 87.7 Å². The van der Waals surface area contributed by atoms with E-state index in [2.05, 4.69) is 10.4 Å². The summed E-state index contributed by atoms with van der Waals surface area (Å²) in [6.07, 6.45) is 3.40. The molecule has 0 saturated carbocycles. The minimum atomic E-state index is -0.435. The van der Waals surface area contributed by atoms with Gasteiger partial charge < -0.3 is 14.6 Å². The van der Waals surface area contributed by atoms with Gasteiger partial charge in [0.05, 0.1) is 12.3 Å². The van der Waals surface area contributed by atoms with E-state index in [4.69, 9.17) is 16.3 Å².